The Morgan fingerprint density at radius 2 is 1.86 bits per heavy atom. The number of hydrogen-bond donors (Lipinski definition) is 2. The third-order valence-corrected chi connectivity index (χ3v) is 6.89. The van der Waals surface area contributed by atoms with Crippen LogP contribution in [-0.2, 0) is 9.84 Å². The number of piperidine rings is 1. The average Bonchev–Trinajstić information content (AvgIpc) is 3.28. The molecule has 1 aromatic carbocycles. The zero-order chi connectivity index (χ0) is 20.5. The molecule has 1 aromatic heterocycles. The number of furan rings is 1. The molecule has 1 aliphatic heterocycles. The van der Waals surface area contributed by atoms with Gasteiger partial charge in [0.2, 0.25) is 0 Å². The molecule has 1 unspecified atom stereocenters. The molecule has 8 heteroatoms. The summed E-state index contributed by atoms with van der Waals surface area (Å²) in [6.07, 6.45) is 5.37. The first-order valence-electron chi connectivity index (χ1n) is 10.1. The summed E-state index contributed by atoms with van der Waals surface area (Å²) in [5, 5.41) is 6.43. The molecule has 0 aliphatic carbocycles. The fourth-order valence-corrected chi connectivity index (χ4v) is 4.76. The highest BCUT2D eigenvalue weighted by molar-refractivity contribution is 7.91. The fourth-order valence-electron chi connectivity index (χ4n) is 3.58. The first-order valence-corrected chi connectivity index (χ1v) is 11.7. The molecule has 0 bridgehead atoms. The van der Waals surface area contributed by atoms with Gasteiger partial charge in [-0.05, 0) is 50.2 Å². The summed E-state index contributed by atoms with van der Waals surface area (Å²) in [6.45, 7) is 3.02. The van der Waals surface area contributed by atoms with E-state index in [0.29, 0.717) is 17.4 Å². The lowest BCUT2D eigenvalue weighted by Crippen LogP contribution is -2.45. The van der Waals surface area contributed by atoms with Crippen LogP contribution in [0.3, 0.4) is 0 Å². The number of nitrogens with one attached hydrogen (secondary N) is 2. The van der Waals surface area contributed by atoms with Crippen molar-refractivity contribution in [3.8, 4) is 0 Å². The van der Waals surface area contributed by atoms with Crippen LogP contribution in [0.1, 0.15) is 31.1 Å². The third-order valence-electron chi connectivity index (χ3n) is 5.16. The van der Waals surface area contributed by atoms with E-state index in [1.165, 1.54) is 19.3 Å². The zero-order valence-corrected chi connectivity index (χ0v) is 17.7. The smallest absolute Gasteiger partial charge is 0.191 e. The Kier molecular flexibility index (Phi) is 7.71. The maximum atomic E-state index is 12.4. The summed E-state index contributed by atoms with van der Waals surface area (Å²) >= 11 is 0. The lowest BCUT2D eigenvalue weighted by Gasteiger charge is -2.33. The molecular weight excluding hydrogens is 388 g/mol. The highest BCUT2D eigenvalue weighted by Crippen LogP contribution is 2.24. The van der Waals surface area contributed by atoms with Crippen molar-refractivity contribution < 1.29 is 12.8 Å². The molecule has 0 radical (unpaired) electrons. The molecule has 1 saturated heterocycles. The molecule has 2 heterocycles. The Morgan fingerprint density at radius 1 is 1.10 bits per heavy atom. The van der Waals surface area contributed by atoms with Gasteiger partial charge in [-0.15, -0.1) is 0 Å². The third kappa shape index (κ3) is 6.08. The molecule has 7 nitrogen and oxygen atoms in total. The van der Waals surface area contributed by atoms with Gasteiger partial charge >= 0.3 is 0 Å². The molecule has 29 heavy (non-hydrogen) atoms. The van der Waals surface area contributed by atoms with E-state index in [2.05, 4.69) is 20.5 Å². The van der Waals surface area contributed by atoms with Gasteiger partial charge in [0, 0.05) is 20.1 Å². The monoisotopic (exact) mass is 418 g/mol. The molecule has 158 valence electrons. The molecular formula is C21H30N4O3S. The summed E-state index contributed by atoms with van der Waals surface area (Å²) in [7, 11) is -1.63. The lowest BCUT2D eigenvalue weighted by molar-refractivity contribution is 0.146. The summed E-state index contributed by atoms with van der Waals surface area (Å²) in [6, 6.07) is 12.5. The summed E-state index contributed by atoms with van der Waals surface area (Å²) in [5.41, 5.74) is 0. The molecule has 0 amide bonds. The SMILES string of the molecule is CN=C(NCCS(=O)(=O)c1ccccc1)NCC(c1ccco1)N1CCCCC1. The molecule has 1 aliphatic rings. The van der Waals surface area contributed by atoms with Crippen molar-refractivity contribution in [2.75, 3.05) is 39.0 Å². The van der Waals surface area contributed by atoms with E-state index >= 15 is 0 Å². The predicted molar refractivity (Wildman–Crippen MR) is 115 cm³/mol. The van der Waals surface area contributed by atoms with E-state index in [1.54, 1.807) is 43.6 Å². The highest BCUT2D eigenvalue weighted by Gasteiger charge is 2.24. The Hall–Kier alpha value is -2.32. The van der Waals surface area contributed by atoms with Crippen LogP contribution >= 0.6 is 0 Å². The highest BCUT2D eigenvalue weighted by atomic mass is 32.2. The Bertz CT molecular complexity index is 861. The van der Waals surface area contributed by atoms with Gasteiger partial charge in [-0.25, -0.2) is 8.42 Å². The largest absolute Gasteiger partial charge is 0.468 e. The van der Waals surface area contributed by atoms with Crippen molar-refractivity contribution in [3.05, 3.63) is 54.5 Å². The van der Waals surface area contributed by atoms with Gasteiger partial charge in [0.1, 0.15) is 5.76 Å². The van der Waals surface area contributed by atoms with Crippen LogP contribution in [0.25, 0.3) is 0 Å². The van der Waals surface area contributed by atoms with E-state index < -0.39 is 9.84 Å². The summed E-state index contributed by atoms with van der Waals surface area (Å²) < 4.78 is 30.5. The first-order chi connectivity index (χ1) is 14.1. The summed E-state index contributed by atoms with van der Waals surface area (Å²) in [5.74, 6) is 1.52. The minimum atomic E-state index is -3.32. The maximum Gasteiger partial charge on any atom is 0.191 e. The normalized spacial score (nSPS) is 17.1. The number of sulfone groups is 1. The van der Waals surface area contributed by atoms with Crippen LogP contribution in [0.15, 0.2) is 63.0 Å². The van der Waals surface area contributed by atoms with E-state index in [-0.39, 0.29) is 18.3 Å². The van der Waals surface area contributed by atoms with Crippen molar-refractivity contribution in [3.63, 3.8) is 0 Å². The van der Waals surface area contributed by atoms with Crippen LogP contribution < -0.4 is 10.6 Å². The van der Waals surface area contributed by atoms with Gasteiger partial charge in [-0.3, -0.25) is 9.89 Å². The van der Waals surface area contributed by atoms with Crippen molar-refractivity contribution in [2.45, 2.75) is 30.2 Å². The average molecular weight is 419 g/mol. The van der Waals surface area contributed by atoms with Crippen molar-refractivity contribution in [2.24, 2.45) is 4.99 Å². The zero-order valence-electron chi connectivity index (χ0n) is 16.9. The summed E-state index contributed by atoms with van der Waals surface area (Å²) in [4.78, 5) is 7.00. The van der Waals surface area contributed by atoms with Crippen LogP contribution in [0.4, 0.5) is 0 Å². The second kappa shape index (κ2) is 10.5. The van der Waals surface area contributed by atoms with Crippen molar-refractivity contribution in [1.29, 1.82) is 0 Å². The van der Waals surface area contributed by atoms with Gasteiger partial charge in [0.05, 0.1) is 23.0 Å². The van der Waals surface area contributed by atoms with Gasteiger partial charge in [-0.2, -0.15) is 0 Å². The number of hydrogen-bond acceptors (Lipinski definition) is 5. The second-order valence-corrected chi connectivity index (χ2v) is 9.25. The van der Waals surface area contributed by atoms with E-state index in [4.69, 9.17) is 4.42 Å². The fraction of sp³-hybridized carbons (Fsp3) is 0.476. The van der Waals surface area contributed by atoms with Crippen LogP contribution in [-0.4, -0.2) is 58.3 Å². The number of likely N-dealkylation sites (tertiary alicyclic amines) is 1. The Balaban J connectivity index is 1.53. The number of nitrogens with zero attached hydrogens (tertiary/aromatic N) is 2. The molecule has 2 N–H and O–H groups in total. The van der Waals surface area contributed by atoms with Crippen LogP contribution in [0, 0.1) is 0 Å². The maximum absolute atomic E-state index is 12.4. The molecule has 3 rings (SSSR count). The number of guanidine groups is 1. The number of aliphatic imine (C=N–C) groups is 1. The quantitative estimate of drug-likeness (QED) is 0.506. The van der Waals surface area contributed by atoms with Gasteiger partial charge in [0.25, 0.3) is 0 Å². The molecule has 1 atom stereocenters. The minimum Gasteiger partial charge on any atom is -0.468 e. The minimum absolute atomic E-state index is 0.00541. The molecule has 0 spiro atoms. The van der Waals surface area contributed by atoms with E-state index in [1.807, 2.05) is 12.1 Å². The van der Waals surface area contributed by atoms with Gasteiger partial charge in [-0.1, -0.05) is 24.6 Å². The lowest BCUT2D eigenvalue weighted by atomic mass is 10.1. The molecule has 0 saturated carbocycles. The van der Waals surface area contributed by atoms with Gasteiger partial charge in [0.15, 0.2) is 15.8 Å². The van der Waals surface area contributed by atoms with Crippen LogP contribution in [0.2, 0.25) is 0 Å². The molecule has 1 fully saturated rings. The molecule has 2 aromatic rings. The van der Waals surface area contributed by atoms with E-state index in [0.717, 1.165) is 18.8 Å². The predicted octanol–water partition coefficient (Wildman–Crippen LogP) is 2.45. The van der Waals surface area contributed by atoms with Gasteiger partial charge < -0.3 is 15.1 Å². The number of benzene rings is 1. The topological polar surface area (TPSA) is 86.9 Å². The Morgan fingerprint density at radius 3 is 2.52 bits per heavy atom. The number of rotatable bonds is 8. The van der Waals surface area contributed by atoms with Crippen molar-refractivity contribution in [1.82, 2.24) is 15.5 Å². The Labute approximate surface area is 173 Å². The van der Waals surface area contributed by atoms with Crippen molar-refractivity contribution >= 4 is 15.8 Å². The van der Waals surface area contributed by atoms with Crippen LogP contribution in [0.5, 0.6) is 0 Å². The first kappa shape index (κ1) is 21.4. The second-order valence-electron chi connectivity index (χ2n) is 7.14. The van der Waals surface area contributed by atoms with E-state index in [9.17, 15) is 8.42 Å². The standard InChI is InChI=1S/C21H30N4O3S/c1-22-21(23-12-16-29(26,27)18-9-4-2-5-10-18)24-17-19(20-11-8-15-28-20)25-13-6-3-7-14-25/h2,4-5,8-11,15,19H,3,6-7,12-14,16-17H2,1H3,(H2,22,23,24).